The van der Waals surface area contributed by atoms with E-state index in [4.69, 9.17) is 5.11 Å². The number of carboxylic acids is 1. The van der Waals surface area contributed by atoms with E-state index in [0.29, 0.717) is 13.0 Å². The Balaban J connectivity index is 2.34. The van der Waals surface area contributed by atoms with Crippen LogP contribution in [0.5, 0.6) is 0 Å². The molecule has 1 fully saturated rings. The minimum absolute atomic E-state index is 0.0523. The molecule has 7 nitrogen and oxygen atoms in total. The lowest BCUT2D eigenvalue weighted by atomic mass is 9.96. The van der Waals surface area contributed by atoms with Crippen LogP contribution < -0.4 is 10.6 Å². The number of hydrogen-bond donors (Lipinski definition) is 3. The third kappa shape index (κ3) is 5.77. The van der Waals surface area contributed by atoms with Crippen LogP contribution in [0.2, 0.25) is 0 Å². The molecule has 2 amide bonds. The summed E-state index contributed by atoms with van der Waals surface area (Å²) in [5, 5.41) is 14.2. The van der Waals surface area contributed by atoms with Gasteiger partial charge < -0.3 is 15.7 Å². The Morgan fingerprint density at radius 1 is 1.35 bits per heavy atom. The third-order valence-corrected chi connectivity index (χ3v) is 4.54. The first-order valence-electron chi connectivity index (χ1n) is 6.64. The summed E-state index contributed by atoms with van der Waals surface area (Å²) in [4.78, 5) is 22.6. The lowest BCUT2D eigenvalue weighted by Crippen LogP contribution is -2.45. The van der Waals surface area contributed by atoms with E-state index >= 15 is 0 Å². The third-order valence-electron chi connectivity index (χ3n) is 3.43. The van der Waals surface area contributed by atoms with E-state index in [9.17, 15) is 18.0 Å². The van der Waals surface area contributed by atoms with E-state index in [2.05, 4.69) is 10.6 Å². The second kappa shape index (κ2) is 6.92. The molecule has 0 bridgehead atoms. The predicted molar refractivity (Wildman–Crippen MR) is 74.2 cm³/mol. The zero-order chi connectivity index (χ0) is 15.3. The fourth-order valence-corrected chi connectivity index (χ4v) is 3.59. The molecule has 0 aliphatic heterocycles. The second-order valence-corrected chi connectivity index (χ2v) is 7.67. The summed E-state index contributed by atoms with van der Waals surface area (Å²) >= 11 is 0. The van der Waals surface area contributed by atoms with Crippen LogP contribution in [-0.2, 0) is 14.6 Å². The summed E-state index contributed by atoms with van der Waals surface area (Å²) in [6.07, 6.45) is 3.40. The number of carboxylic acid groups (broad SMARTS) is 1. The summed E-state index contributed by atoms with van der Waals surface area (Å²) in [6.45, 7) is 1.91. The van der Waals surface area contributed by atoms with E-state index in [1.54, 1.807) is 6.92 Å². The van der Waals surface area contributed by atoms with Crippen molar-refractivity contribution in [2.24, 2.45) is 11.8 Å². The first-order valence-corrected chi connectivity index (χ1v) is 8.70. The van der Waals surface area contributed by atoms with Gasteiger partial charge in [0.15, 0.2) is 0 Å². The molecular formula is C12H22N2O5S. The van der Waals surface area contributed by atoms with Crippen molar-refractivity contribution in [3.8, 4) is 0 Å². The van der Waals surface area contributed by atoms with Crippen LogP contribution in [0.25, 0.3) is 0 Å². The molecule has 116 valence electrons. The average Bonchev–Trinajstić information content (AvgIpc) is 2.71. The van der Waals surface area contributed by atoms with Gasteiger partial charge >= 0.3 is 12.0 Å². The van der Waals surface area contributed by atoms with Crippen LogP contribution in [0, 0.1) is 11.8 Å². The lowest BCUT2D eigenvalue weighted by molar-refractivity contribution is -0.142. The van der Waals surface area contributed by atoms with Crippen molar-refractivity contribution in [1.29, 1.82) is 0 Å². The van der Waals surface area contributed by atoms with Crippen LogP contribution >= 0.6 is 0 Å². The Morgan fingerprint density at radius 3 is 2.55 bits per heavy atom. The molecule has 0 heterocycles. The molecule has 3 unspecified atom stereocenters. The molecule has 8 heteroatoms. The normalized spacial score (nSPS) is 24.1. The summed E-state index contributed by atoms with van der Waals surface area (Å²) in [5.41, 5.74) is 0. The molecule has 0 aromatic carbocycles. The highest BCUT2D eigenvalue weighted by molar-refractivity contribution is 7.90. The molecule has 1 aliphatic rings. The number of carbonyl (C=O) groups is 2. The molecule has 3 atom stereocenters. The zero-order valence-corrected chi connectivity index (χ0v) is 12.6. The Kier molecular flexibility index (Phi) is 5.79. The van der Waals surface area contributed by atoms with Gasteiger partial charge in [0.05, 0.1) is 11.7 Å². The van der Waals surface area contributed by atoms with E-state index < -0.39 is 33.8 Å². The zero-order valence-electron chi connectivity index (χ0n) is 11.8. The Labute approximate surface area is 119 Å². The number of amides is 2. The first-order chi connectivity index (χ1) is 9.19. The molecule has 20 heavy (non-hydrogen) atoms. The van der Waals surface area contributed by atoms with Crippen molar-refractivity contribution in [2.45, 2.75) is 32.2 Å². The van der Waals surface area contributed by atoms with E-state index in [1.165, 1.54) is 0 Å². The number of hydrogen-bond acceptors (Lipinski definition) is 4. The monoisotopic (exact) mass is 306 g/mol. The van der Waals surface area contributed by atoms with Crippen molar-refractivity contribution >= 4 is 21.8 Å². The Morgan fingerprint density at radius 2 is 2.00 bits per heavy atom. The fraction of sp³-hybridized carbons (Fsp3) is 0.833. The van der Waals surface area contributed by atoms with Crippen LogP contribution in [0.3, 0.4) is 0 Å². The molecule has 0 radical (unpaired) electrons. The van der Waals surface area contributed by atoms with Crippen molar-refractivity contribution in [3.63, 3.8) is 0 Å². The minimum Gasteiger partial charge on any atom is -0.481 e. The number of carbonyl (C=O) groups excluding carboxylic acids is 1. The highest BCUT2D eigenvalue weighted by Gasteiger charge is 2.32. The molecule has 1 aliphatic carbocycles. The molecule has 3 N–H and O–H groups in total. The number of nitrogens with one attached hydrogen (secondary N) is 2. The smallest absolute Gasteiger partial charge is 0.315 e. The van der Waals surface area contributed by atoms with Gasteiger partial charge in [-0.3, -0.25) is 4.79 Å². The first kappa shape index (κ1) is 16.7. The summed E-state index contributed by atoms with van der Waals surface area (Å²) < 4.78 is 22.1. The molecular weight excluding hydrogens is 284 g/mol. The van der Waals surface area contributed by atoms with Crippen LogP contribution in [0.4, 0.5) is 4.79 Å². The Bertz CT molecular complexity index is 462. The standard InChI is InChI=1S/C12H22N2O5S/c1-8(7-20(2,18)19)14-12(17)13-6-9-4-3-5-10(9)11(15)16/h8-10H,3-7H2,1-2H3,(H,15,16)(H2,13,14,17). The van der Waals surface area contributed by atoms with Gasteiger partial charge in [-0.2, -0.15) is 0 Å². The average molecular weight is 306 g/mol. The highest BCUT2D eigenvalue weighted by Crippen LogP contribution is 2.31. The molecule has 0 aromatic rings. The van der Waals surface area contributed by atoms with Crippen molar-refractivity contribution in [1.82, 2.24) is 10.6 Å². The van der Waals surface area contributed by atoms with Crippen molar-refractivity contribution < 1.29 is 23.1 Å². The maximum absolute atomic E-state index is 11.6. The molecule has 0 saturated heterocycles. The van der Waals surface area contributed by atoms with Gasteiger partial charge in [0.25, 0.3) is 0 Å². The predicted octanol–water partition coefficient (Wildman–Crippen LogP) is 0.220. The molecule has 0 spiro atoms. The number of rotatable bonds is 6. The lowest BCUT2D eigenvalue weighted by Gasteiger charge is -2.18. The van der Waals surface area contributed by atoms with Crippen LogP contribution in [-0.4, -0.2) is 50.1 Å². The number of aliphatic carboxylic acids is 1. The summed E-state index contributed by atoms with van der Waals surface area (Å²) in [5.74, 6) is -1.39. The van der Waals surface area contributed by atoms with Gasteiger partial charge in [-0.15, -0.1) is 0 Å². The van der Waals surface area contributed by atoms with Crippen molar-refractivity contribution in [3.05, 3.63) is 0 Å². The van der Waals surface area contributed by atoms with Gasteiger partial charge in [0, 0.05) is 18.8 Å². The Hall–Kier alpha value is -1.31. The maximum Gasteiger partial charge on any atom is 0.315 e. The van der Waals surface area contributed by atoms with E-state index in [1.807, 2.05) is 0 Å². The van der Waals surface area contributed by atoms with Gasteiger partial charge in [-0.05, 0) is 25.7 Å². The highest BCUT2D eigenvalue weighted by atomic mass is 32.2. The largest absolute Gasteiger partial charge is 0.481 e. The van der Waals surface area contributed by atoms with Gasteiger partial charge in [-0.25, -0.2) is 13.2 Å². The SMILES string of the molecule is CC(CS(C)(=O)=O)NC(=O)NCC1CCCC1C(=O)O. The quantitative estimate of drug-likeness (QED) is 0.650. The molecule has 1 rings (SSSR count). The van der Waals surface area contributed by atoms with E-state index in [0.717, 1.165) is 19.1 Å². The maximum atomic E-state index is 11.6. The fourth-order valence-electron chi connectivity index (χ4n) is 2.60. The van der Waals surface area contributed by atoms with E-state index in [-0.39, 0.29) is 11.7 Å². The van der Waals surface area contributed by atoms with Gasteiger partial charge in [0.1, 0.15) is 9.84 Å². The molecule has 0 aromatic heterocycles. The minimum atomic E-state index is -3.14. The number of sulfone groups is 1. The summed E-state index contributed by atoms with van der Waals surface area (Å²) in [6, 6.07) is -0.943. The van der Waals surface area contributed by atoms with Crippen LogP contribution in [0.15, 0.2) is 0 Å². The molecule has 1 saturated carbocycles. The second-order valence-electron chi connectivity index (χ2n) is 5.48. The van der Waals surface area contributed by atoms with Gasteiger partial charge in [-0.1, -0.05) is 6.42 Å². The van der Waals surface area contributed by atoms with Crippen LogP contribution in [0.1, 0.15) is 26.2 Å². The summed E-state index contributed by atoms with van der Waals surface area (Å²) in [7, 11) is -3.14. The van der Waals surface area contributed by atoms with Crippen molar-refractivity contribution in [2.75, 3.05) is 18.6 Å². The number of urea groups is 1. The topological polar surface area (TPSA) is 113 Å². The van der Waals surface area contributed by atoms with Gasteiger partial charge in [0.2, 0.25) is 0 Å².